The van der Waals surface area contributed by atoms with Crippen molar-refractivity contribution in [2.45, 2.75) is 558 Å². The molecule has 1 heterocycles. The SMILES string of the molecule is CCCC/C=C\CCCCCCCCOCC(C)OCCCCCCCC/C=C\CCCC.CCCC/C=C\CCCCCCCCOCC(C)OCCCCCCCC/C=C\CCCC.CCCCCCCCCCCCCCOCC(C)OCCCCCCCCCCCCCC.CCCN(CCO)CCC[N+](C)(C)CC.CCCN1CCN(CCC[N+](C)(C)CC)CC1.CC[N+](C)(C)CCCN(C)C.[Br-].[Br-].[Br-]. The summed E-state index contributed by atoms with van der Waals surface area (Å²) in [5.74, 6) is 0. The molecule has 0 aliphatic carbocycles. The Morgan fingerprint density at radius 2 is 0.462 bits per heavy atom. The maximum Gasteiger partial charge on any atom is 0.0794 e. The van der Waals surface area contributed by atoms with Gasteiger partial charge in [0.15, 0.2) is 0 Å². The first-order valence-corrected chi connectivity index (χ1v) is 63.1. The maximum atomic E-state index is 8.92. The summed E-state index contributed by atoms with van der Waals surface area (Å²) in [4.78, 5) is 9.84. The number of piperazine rings is 1. The van der Waals surface area contributed by atoms with E-state index in [1.54, 1.807) is 0 Å². The van der Waals surface area contributed by atoms with Gasteiger partial charge in [-0.25, -0.2) is 0 Å². The number of halogens is 3. The first-order valence-electron chi connectivity index (χ1n) is 63.1. The molecule has 14 nitrogen and oxygen atoms in total. The Bertz CT molecular complexity index is 2320. The van der Waals surface area contributed by atoms with Crippen LogP contribution in [0.25, 0.3) is 0 Å². The summed E-state index contributed by atoms with van der Waals surface area (Å²) in [5.41, 5.74) is 0. The van der Waals surface area contributed by atoms with E-state index in [1.807, 2.05) is 0 Å². The van der Waals surface area contributed by atoms with E-state index in [0.717, 1.165) is 92.5 Å². The lowest BCUT2D eigenvalue weighted by molar-refractivity contribution is -0.888. The highest BCUT2D eigenvalue weighted by atomic mass is 79.9. The highest BCUT2D eigenvalue weighted by Crippen LogP contribution is 2.19. The van der Waals surface area contributed by atoms with Crippen molar-refractivity contribution in [2.24, 2.45) is 0 Å². The monoisotopic (exact) mass is 2250 g/mol. The van der Waals surface area contributed by atoms with Crippen LogP contribution in [0.15, 0.2) is 48.6 Å². The third-order valence-electron chi connectivity index (χ3n) is 28.7. The normalized spacial score (nSPS) is 13.3. The summed E-state index contributed by atoms with van der Waals surface area (Å²) in [5, 5.41) is 8.92. The molecule has 0 amide bonds. The maximum absolute atomic E-state index is 8.92. The van der Waals surface area contributed by atoms with Gasteiger partial charge in [-0.05, 0) is 197 Å². The van der Waals surface area contributed by atoms with E-state index in [0.29, 0.717) is 0 Å². The molecule has 145 heavy (non-hydrogen) atoms. The Labute approximate surface area is 944 Å². The largest absolute Gasteiger partial charge is 1.00 e. The molecule has 17 heteroatoms. The topological polar surface area (TPSA) is 88.6 Å². The number of hydrogen-bond acceptors (Lipinski definition) is 11. The highest BCUT2D eigenvalue weighted by molar-refractivity contribution is 4.84. The van der Waals surface area contributed by atoms with Crippen LogP contribution in [0.5, 0.6) is 0 Å². The van der Waals surface area contributed by atoms with Crippen LogP contribution in [-0.4, -0.2) is 284 Å². The van der Waals surface area contributed by atoms with Gasteiger partial charge in [0.05, 0.1) is 126 Å². The molecule has 0 saturated carbocycles. The summed E-state index contributed by atoms with van der Waals surface area (Å²) in [7, 11) is 18.0. The zero-order chi connectivity index (χ0) is 106. The van der Waals surface area contributed by atoms with E-state index in [9.17, 15) is 0 Å². The fraction of sp³-hybridized carbons (Fsp3) is 0.938. The Balaban J connectivity index is -0.000000268. The molecule has 0 spiro atoms. The third-order valence-corrected chi connectivity index (χ3v) is 28.7. The minimum Gasteiger partial charge on any atom is -1.00 e. The summed E-state index contributed by atoms with van der Waals surface area (Å²) >= 11 is 0. The quantitative estimate of drug-likeness (QED) is 0.0359. The van der Waals surface area contributed by atoms with Gasteiger partial charge in [0.1, 0.15) is 0 Å². The number of aliphatic hydroxyl groups is 1. The van der Waals surface area contributed by atoms with E-state index in [1.165, 1.54) is 528 Å². The molecule has 878 valence electrons. The number of aliphatic hydroxyl groups excluding tert-OH is 1. The van der Waals surface area contributed by atoms with E-state index < -0.39 is 0 Å². The number of unbranched alkanes of at least 4 members (excludes halogenated alkanes) is 54. The van der Waals surface area contributed by atoms with E-state index in [2.05, 4.69) is 222 Å². The Morgan fingerprint density at radius 1 is 0.241 bits per heavy atom. The average molecular weight is 2260 g/mol. The number of nitrogens with zero attached hydrogens (tertiary/aromatic N) is 7. The van der Waals surface area contributed by atoms with Crippen LogP contribution in [-0.2, 0) is 28.4 Å². The zero-order valence-corrected chi connectivity index (χ0v) is 107. The van der Waals surface area contributed by atoms with Crippen molar-refractivity contribution >= 4 is 0 Å². The molecule has 0 radical (unpaired) electrons. The van der Waals surface area contributed by atoms with Gasteiger partial charge < -0.3 is 118 Å². The van der Waals surface area contributed by atoms with E-state index in [-0.39, 0.29) is 75.9 Å². The van der Waals surface area contributed by atoms with Crippen molar-refractivity contribution in [3.05, 3.63) is 48.6 Å². The van der Waals surface area contributed by atoms with Gasteiger partial charge in [-0.1, -0.05) is 399 Å². The highest BCUT2D eigenvalue weighted by Gasteiger charge is 2.19. The lowest BCUT2D eigenvalue weighted by atomic mass is 10.1. The van der Waals surface area contributed by atoms with Gasteiger partial charge in [-0.2, -0.15) is 0 Å². The molecule has 1 saturated heterocycles. The molecule has 3 atom stereocenters. The second-order valence-corrected chi connectivity index (χ2v) is 45.2. The van der Waals surface area contributed by atoms with Crippen molar-refractivity contribution in [1.82, 2.24) is 19.6 Å². The Hall–Kier alpha value is -0.160. The fourth-order valence-electron chi connectivity index (χ4n) is 17.5. The number of ether oxygens (including phenoxy) is 6. The molecule has 1 aliphatic rings. The molecule has 0 bridgehead atoms. The predicted octanol–water partition coefficient (Wildman–Crippen LogP) is 26.3. The predicted molar refractivity (Wildman–Crippen MR) is 637 cm³/mol. The molecular formula is C128H268Br3N7O7. The molecule has 1 fully saturated rings. The summed E-state index contributed by atoms with van der Waals surface area (Å²) in [6.45, 7) is 58.6. The van der Waals surface area contributed by atoms with E-state index in [4.69, 9.17) is 33.5 Å². The van der Waals surface area contributed by atoms with Crippen molar-refractivity contribution in [3.63, 3.8) is 0 Å². The number of allylic oxidation sites excluding steroid dienone is 8. The molecule has 1 aliphatic heterocycles. The van der Waals surface area contributed by atoms with Gasteiger partial charge in [0.2, 0.25) is 0 Å². The minimum absolute atomic E-state index is 0. The second kappa shape index (κ2) is 134. The first-order chi connectivity index (χ1) is 69.0. The summed E-state index contributed by atoms with van der Waals surface area (Å²) < 4.78 is 38.6. The van der Waals surface area contributed by atoms with E-state index >= 15 is 0 Å². The Morgan fingerprint density at radius 3 is 0.697 bits per heavy atom. The molecule has 0 aromatic carbocycles. The molecule has 0 aromatic rings. The lowest BCUT2D eigenvalue weighted by Gasteiger charge is -2.35. The molecular weight excluding hydrogens is 1990 g/mol. The molecule has 3 unspecified atom stereocenters. The van der Waals surface area contributed by atoms with Crippen molar-refractivity contribution < 1.29 is 97.9 Å². The smallest absolute Gasteiger partial charge is 0.0794 e. The molecule has 0 aromatic heterocycles. The average Bonchev–Trinajstić information content (AvgIpc) is 0.906. The van der Waals surface area contributed by atoms with Gasteiger partial charge in [-0.15, -0.1) is 0 Å². The second-order valence-electron chi connectivity index (χ2n) is 45.2. The molecule has 1 rings (SSSR count). The van der Waals surface area contributed by atoms with Gasteiger partial charge >= 0.3 is 0 Å². The van der Waals surface area contributed by atoms with Crippen LogP contribution in [0.2, 0.25) is 0 Å². The summed E-state index contributed by atoms with van der Waals surface area (Å²) in [6, 6.07) is 0. The van der Waals surface area contributed by atoms with Gasteiger partial charge in [-0.3, -0.25) is 0 Å². The minimum atomic E-state index is 0. The van der Waals surface area contributed by atoms with Gasteiger partial charge in [0, 0.05) is 111 Å². The summed E-state index contributed by atoms with van der Waals surface area (Å²) in [6.07, 6.45) is 112. The standard InChI is InChI=1S/C31H64O2.2C31H60O2.C14H32N3.C12H29N2O.C9H23N2.3BrH/c3*1-4-6-8-10-12-14-16-18-20-22-24-26-28-32-30-31(3)33-29-27-25-23-21-19-17-15-13-11-9-7-5-2;1-5-8-15-10-12-16(13-11-15)9-7-14-17(3,4)6-2;1-5-8-13(10-12-15)9-7-11-14(3,4)6-2;1-6-11(4,5)9-7-8-10(2)3;;;/h31H,4-30H2,1-3H3;2*10-13,31H,4-9,14-30H2,1-3H3;5-14H2,1-4H3;15H,5-12H2,1-4H3;6-9H2,1-5H3;3*1H/q;;;3*+1;;;/p-3/b;2*12-10-,13-11-;;;;;;. The van der Waals surface area contributed by atoms with Crippen LogP contribution >= 0.6 is 0 Å². The van der Waals surface area contributed by atoms with Crippen molar-refractivity contribution in [3.8, 4) is 0 Å². The van der Waals surface area contributed by atoms with Crippen LogP contribution in [0.1, 0.15) is 540 Å². The number of hydrogen-bond donors (Lipinski definition) is 1. The van der Waals surface area contributed by atoms with Crippen LogP contribution in [0.4, 0.5) is 0 Å². The third kappa shape index (κ3) is 144. The molecule has 1 N–H and O–H groups in total. The van der Waals surface area contributed by atoms with Crippen molar-refractivity contribution in [1.29, 1.82) is 0 Å². The fourth-order valence-corrected chi connectivity index (χ4v) is 17.5. The van der Waals surface area contributed by atoms with Gasteiger partial charge in [0.25, 0.3) is 0 Å². The lowest BCUT2D eigenvalue weighted by Crippen LogP contribution is -3.00. The van der Waals surface area contributed by atoms with Crippen LogP contribution < -0.4 is 50.9 Å². The Kier molecular flexibility index (Phi) is 148. The van der Waals surface area contributed by atoms with Crippen molar-refractivity contribution in [2.75, 3.05) is 227 Å². The first kappa shape index (κ1) is 160. The van der Waals surface area contributed by atoms with Crippen LogP contribution in [0, 0.1) is 0 Å². The number of rotatable bonds is 104. The zero-order valence-electron chi connectivity index (χ0n) is 103. The number of quaternary nitrogens is 3. The van der Waals surface area contributed by atoms with Crippen LogP contribution in [0.3, 0.4) is 0 Å².